The molecular weight excluding hydrogens is 462 g/mol. The van der Waals surface area contributed by atoms with Crippen molar-refractivity contribution < 1.29 is 19.5 Å². The maximum Gasteiger partial charge on any atom is 0.335 e. The molecule has 2 N–H and O–H groups in total. The molecule has 1 aromatic heterocycles. The molecule has 0 unspecified atom stereocenters. The van der Waals surface area contributed by atoms with Gasteiger partial charge in [-0.25, -0.2) is 4.79 Å². The van der Waals surface area contributed by atoms with Crippen molar-refractivity contribution in [3.8, 4) is 0 Å². The summed E-state index contributed by atoms with van der Waals surface area (Å²) in [7, 11) is 0. The number of carbonyl (C=O) groups is 3. The van der Waals surface area contributed by atoms with Gasteiger partial charge in [0.25, 0.3) is 5.91 Å². The minimum atomic E-state index is -1.02. The standard InChI is InChI=1S/C23H18BrN3O4/c24-17-7-8-18-19(11-17)26-21(28)20(10-15-2-1-9-25-12-15)27(22(18)29)13-14-3-5-16(6-4-14)23(30)31/h1-9,11-12,20H,10,13H2,(H,26,28)(H,30,31)/t20-/m1/s1. The van der Waals surface area contributed by atoms with Crippen LogP contribution in [0.2, 0.25) is 0 Å². The van der Waals surface area contributed by atoms with Crippen LogP contribution < -0.4 is 5.32 Å². The molecule has 1 aliphatic rings. The number of anilines is 1. The van der Waals surface area contributed by atoms with Crippen molar-refractivity contribution >= 4 is 39.4 Å². The summed E-state index contributed by atoms with van der Waals surface area (Å²) < 4.78 is 0.751. The second kappa shape index (κ2) is 8.69. The number of nitrogens with zero attached hydrogens (tertiary/aromatic N) is 2. The first-order valence-electron chi connectivity index (χ1n) is 9.55. The second-order valence-electron chi connectivity index (χ2n) is 7.20. The number of carboxylic acid groups (broad SMARTS) is 1. The maximum atomic E-state index is 13.5. The molecule has 7 nitrogen and oxygen atoms in total. The third kappa shape index (κ3) is 4.49. The Kier molecular flexibility index (Phi) is 5.81. The van der Waals surface area contributed by atoms with E-state index in [1.807, 2.05) is 6.07 Å². The van der Waals surface area contributed by atoms with E-state index in [1.54, 1.807) is 48.8 Å². The zero-order chi connectivity index (χ0) is 22.0. The monoisotopic (exact) mass is 479 g/mol. The average Bonchev–Trinajstić information content (AvgIpc) is 2.85. The van der Waals surface area contributed by atoms with Crippen molar-refractivity contribution in [2.24, 2.45) is 0 Å². The van der Waals surface area contributed by atoms with Gasteiger partial charge in [0.1, 0.15) is 6.04 Å². The number of rotatable bonds is 5. The Hall–Kier alpha value is -3.52. The Balaban J connectivity index is 1.73. The van der Waals surface area contributed by atoms with E-state index >= 15 is 0 Å². The van der Waals surface area contributed by atoms with Gasteiger partial charge in [-0.05, 0) is 47.5 Å². The zero-order valence-electron chi connectivity index (χ0n) is 16.3. The maximum absolute atomic E-state index is 13.5. The molecule has 31 heavy (non-hydrogen) atoms. The number of halogens is 1. The number of aromatic carboxylic acids is 1. The highest BCUT2D eigenvalue weighted by Crippen LogP contribution is 2.29. The van der Waals surface area contributed by atoms with E-state index in [4.69, 9.17) is 5.11 Å². The number of carboxylic acids is 1. The van der Waals surface area contributed by atoms with Crippen LogP contribution in [0.4, 0.5) is 5.69 Å². The molecule has 0 saturated carbocycles. The van der Waals surface area contributed by atoms with E-state index in [-0.39, 0.29) is 23.9 Å². The smallest absolute Gasteiger partial charge is 0.335 e. The first kappa shape index (κ1) is 20.7. The number of nitrogens with one attached hydrogen (secondary N) is 1. The number of benzene rings is 2. The Labute approximate surface area is 186 Å². The fourth-order valence-electron chi connectivity index (χ4n) is 3.54. The Morgan fingerprint density at radius 3 is 2.55 bits per heavy atom. The number of amides is 2. The number of fused-ring (bicyclic) bond motifs is 1. The van der Waals surface area contributed by atoms with Gasteiger partial charge in [0.05, 0.1) is 16.8 Å². The molecule has 0 radical (unpaired) electrons. The summed E-state index contributed by atoms with van der Waals surface area (Å²) >= 11 is 3.38. The molecule has 2 aromatic carbocycles. The summed E-state index contributed by atoms with van der Waals surface area (Å²) in [5, 5.41) is 12.0. The van der Waals surface area contributed by atoms with Gasteiger partial charge in [-0.1, -0.05) is 34.1 Å². The van der Waals surface area contributed by atoms with Crippen molar-refractivity contribution in [3.05, 3.63) is 93.7 Å². The molecule has 3 aromatic rings. The van der Waals surface area contributed by atoms with Gasteiger partial charge < -0.3 is 15.3 Å². The lowest BCUT2D eigenvalue weighted by Gasteiger charge is -2.29. The summed E-state index contributed by atoms with van der Waals surface area (Å²) in [5.41, 5.74) is 2.55. The van der Waals surface area contributed by atoms with E-state index in [0.29, 0.717) is 17.7 Å². The van der Waals surface area contributed by atoms with Crippen LogP contribution in [0.15, 0.2) is 71.5 Å². The highest BCUT2D eigenvalue weighted by Gasteiger charge is 2.35. The average molecular weight is 480 g/mol. The van der Waals surface area contributed by atoms with Gasteiger partial charge in [-0.15, -0.1) is 0 Å². The number of hydrogen-bond acceptors (Lipinski definition) is 4. The molecule has 0 aliphatic carbocycles. The number of carbonyl (C=O) groups excluding carboxylic acids is 2. The number of aromatic nitrogens is 1. The van der Waals surface area contributed by atoms with Crippen molar-refractivity contribution in [3.63, 3.8) is 0 Å². The predicted octanol–water partition coefficient (Wildman–Crippen LogP) is 3.75. The first-order chi connectivity index (χ1) is 14.9. The van der Waals surface area contributed by atoms with Crippen LogP contribution in [-0.2, 0) is 17.8 Å². The zero-order valence-corrected chi connectivity index (χ0v) is 17.9. The van der Waals surface area contributed by atoms with Crippen molar-refractivity contribution in [2.45, 2.75) is 19.0 Å². The summed E-state index contributed by atoms with van der Waals surface area (Å²) in [6.45, 7) is 0.159. The molecule has 4 rings (SSSR count). The van der Waals surface area contributed by atoms with Crippen LogP contribution in [0.1, 0.15) is 31.8 Å². The Morgan fingerprint density at radius 1 is 1.10 bits per heavy atom. The van der Waals surface area contributed by atoms with Gasteiger partial charge in [0.2, 0.25) is 5.91 Å². The Morgan fingerprint density at radius 2 is 1.87 bits per heavy atom. The normalized spacial score (nSPS) is 15.8. The minimum absolute atomic E-state index is 0.158. The third-order valence-electron chi connectivity index (χ3n) is 5.12. The van der Waals surface area contributed by atoms with E-state index in [9.17, 15) is 14.4 Å². The molecular formula is C23H18BrN3O4. The summed E-state index contributed by atoms with van der Waals surface area (Å²) in [6, 6.07) is 14.3. The highest BCUT2D eigenvalue weighted by atomic mass is 79.9. The van der Waals surface area contributed by atoms with E-state index < -0.39 is 12.0 Å². The quantitative estimate of drug-likeness (QED) is 0.580. The molecule has 0 saturated heterocycles. The van der Waals surface area contributed by atoms with Crippen LogP contribution >= 0.6 is 15.9 Å². The molecule has 2 heterocycles. The van der Waals surface area contributed by atoms with Crippen molar-refractivity contribution in [1.82, 2.24) is 9.88 Å². The van der Waals surface area contributed by atoms with Crippen LogP contribution in [0.25, 0.3) is 0 Å². The third-order valence-corrected chi connectivity index (χ3v) is 5.61. The van der Waals surface area contributed by atoms with Gasteiger partial charge in [0, 0.05) is 29.8 Å². The number of pyridine rings is 1. The van der Waals surface area contributed by atoms with Crippen molar-refractivity contribution in [1.29, 1.82) is 0 Å². The van der Waals surface area contributed by atoms with Crippen LogP contribution in [0.5, 0.6) is 0 Å². The van der Waals surface area contributed by atoms with Gasteiger partial charge in [-0.2, -0.15) is 0 Å². The second-order valence-corrected chi connectivity index (χ2v) is 8.11. The fourth-order valence-corrected chi connectivity index (χ4v) is 3.90. The summed E-state index contributed by atoms with van der Waals surface area (Å²) in [5.74, 6) is -1.60. The predicted molar refractivity (Wildman–Crippen MR) is 118 cm³/mol. The molecule has 0 spiro atoms. The van der Waals surface area contributed by atoms with Crippen molar-refractivity contribution in [2.75, 3.05) is 5.32 Å². The summed E-state index contributed by atoms with van der Waals surface area (Å²) in [4.78, 5) is 43.4. The topological polar surface area (TPSA) is 99.6 Å². The van der Waals surface area contributed by atoms with Gasteiger partial charge in [-0.3, -0.25) is 14.6 Å². The summed E-state index contributed by atoms with van der Waals surface area (Å²) in [6.07, 6.45) is 3.62. The van der Waals surface area contributed by atoms with Crippen LogP contribution in [0, 0.1) is 0 Å². The first-order valence-corrected chi connectivity index (χ1v) is 10.3. The number of hydrogen-bond donors (Lipinski definition) is 2. The molecule has 1 atom stereocenters. The van der Waals surface area contributed by atoms with E-state index in [2.05, 4.69) is 26.2 Å². The van der Waals surface area contributed by atoms with Crippen LogP contribution in [0.3, 0.4) is 0 Å². The lowest BCUT2D eigenvalue weighted by Crippen LogP contribution is -2.46. The molecule has 1 aliphatic heterocycles. The fraction of sp³-hybridized carbons (Fsp3) is 0.130. The molecule has 2 amide bonds. The van der Waals surface area contributed by atoms with Gasteiger partial charge >= 0.3 is 5.97 Å². The van der Waals surface area contributed by atoms with Crippen LogP contribution in [-0.4, -0.2) is 38.8 Å². The largest absolute Gasteiger partial charge is 0.478 e. The minimum Gasteiger partial charge on any atom is -0.478 e. The lowest BCUT2D eigenvalue weighted by atomic mass is 10.0. The molecule has 156 valence electrons. The lowest BCUT2D eigenvalue weighted by molar-refractivity contribution is -0.120. The van der Waals surface area contributed by atoms with E-state index in [0.717, 1.165) is 15.6 Å². The SMILES string of the molecule is O=C(O)c1ccc(CN2C(=O)c3ccc(Br)cc3NC(=O)[C@H]2Cc2cccnc2)cc1. The van der Waals surface area contributed by atoms with E-state index in [1.165, 1.54) is 17.0 Å². The molecule has 8 heteroatoms. The molecule has 0 bridgehead atoms. The highest BCUT2D eigenvalue weighted by molar-refractivity contribution is 9.10. The Bertz CT molecular complexity index is 1150. The van der Waals surface area contributed by atoms with Gasteiger partial charge in [0.15, 0.2) is 0 Å². The molecule has 0 fully saturated rings.